The second-order valence-corrected chi connectivity index (χ2v) is 4.26. The van der Waals surface area contributed by atoms with Gasteiger partial charge in [0.15, 0.2) is 0 Å². The molecular formula is C12H19ClN2O. The van der Waals surface area contributed by atoms with Crippen LogP contribution < -0.4 is 10.5 Å². The number of benzene rings is 1. The number of nitrogens with zero attached hydrogens (tertiary/aromatic N) is 1. The maximum absolute atomic E-state index is 6.05. The predicted octanol–water partition coefficient (Wildman–Crippen LogP) is 2.13. The van der Waals surface area contributed by atoms with E-state index in [0.29, 0.717) is 5.02 Å². The van der Waals surface area contributed by atoms with Crippen molar-refractivity contribution in [2.75, 3.05) is 27.2 Å². The van der Waals surface area contributed by atoms with Gasteiger partial charge in [-0.2, -0.15) is 0 Å². The van der Waals surface area contributed by atoms with Gasteiger partial charge in [0.05, 0.1) is 12.1 Å². The monoisotopic (exact) mass is 242 g/mol. The Morgan fingerprint density at radius 1 is 1.44 bits per heavy atom. The topological polar surface area (TPSA) is 38.5 Å². The summed E-state index contributed by atoms with van der Waals surface area (Å²) >= 11 is 6.05. The number of rotatable bonds is 6. The molecule has 0 aromatic heterocycles. The van der Waals surface area contributed by atoms with Gasteiger partial charge in [0.2, 0.25) is 0 Å². The minimum Gasteiger partial charge on any atom is -0.495 e. The van der Waals surface area contributed by atoms with E-state index >= 15 is 0 Å². The third kappa shape index (κ3) is 4.00. The van der Waals surface area contributed by atoms with Crippen molar-refractivity contribution < 1.29 is 4.74 Å². The van der Waals surface area contributed by atoms with Gasteiger partial charge in [-0.05, 0) is 44.3 Å². The summed E-state index contributed by atoms with van der Waals surface area (Å²) in [6, 6.07) is 5.87. The number of ether oxygens (including phenoxy) is 1. The lowest BCUT2D eigenvalue weighted by atomic mass is 10.2. The van der Waals surface area contributed by atoms with E-state index < -0.39 is 0 Å². The summed E-state index contributed by atoms with van der Waals surface area (Å²) in [5.74, 6) is 0.718. The van der Waals surface area contributed by atoms with Crippen molar-refractivity contribution in [3.8, 4) is 5.75 Å². The van der Waals surface area contributed by atoms with Crippen LogP contribution in [0, 0.1) is 0 Å². The average molecular weight is 243 g/mol. The molecular weight excluding hydrogens is 224 g/mol. The number of nitrogens with two attached hydrogens (primary N) is 1. The molecule has 0 atom stereocenters. The summed E-state index contributed by atoms with van der Waals surface area (Å²) in [5.41, 5.74) is 6.65. The minimum atomic E-state index is 0.659. The van der Waals surface area contributed by atoms with Crippen LogP contribution in [0.5, 0.6) is 5.75 Å². The van der Waals surface area contributed by atoms with E-state index in [1.54, 1.807) is 7.11 Å². The number of halogens is 1. The zero-order valence-corrected chi connectivity index (χ0v) is 10.6. The molecule has 0 aliphatic carbocycles. The van der Waals surface area contributed by atoms with Crippen LogP contribution in [0.15, 0.2) is 18.2 Å². The highest BCUT2D eigenvalue weighted by Gasteiger charge is 2.04. The summed E-state index contributed by atoms with van der Waals surface area (Å²) < 4.78 is 5.11. The van der Waals surface area contributed by atoms with Crippen molar-refractivity contribution in [3.63, 3.8) is 0 Å². The lowest BCUT2D eigenvalue weighted by molar-refractivity contribution is 0.324. The minimum absolute atomic E-state index is 0.659. The fourth-order valence-corrected chi connectivity index (χ4v) is 1.84. The molecule has 0 spiro atoms. The van der Waals surface area contributed by atoms with Crippen LogP contribution in [0.2, 0.25) is 5.02 Å². The molecule has 0 bridgehead atoms. The quantitative estimate of drug-likeness (QED) is 0.831. The van der Waals surface area contributed by atoms with Crippen LogP contribution in [0.1, 0.15) is 12.0 Å². The summed E-state index contributed by atoms with van der Waals surface area (Å²) in [4.78, 5) is 2.23. The molecule has 1 aromatic carbocycles. The number of methoxy groups -OCH3 is 1. The Bertz CT molecular complexity index is 331. The summed E-state index contributed by atoms with van der Waals surface area (Å²) in [6.45, 7) is 2.61. The summed E-state index contributed by atoms with van der Waals surface area (Å²) in [5, 5.41) is 0.659. The molecule has 2 N–H and O–H groups in total. The molecule has 1 aromatic rings. The van der Waals surface area contributed by atoms with Crippen molar-refractivity contribution in [2.45, 2.75) is 13.0 Å². The van der Waals surface area contributed by atoms with Crippen LogP contribution in [0.3, 0.4) is 0 Å². The SMILES string of the molecule is COc1ccc(CN(C)CCCN)cc1Cl. The van der Waals surface area contributed by atoms with Gasteiger partial charge in [-0.15, -0.1) is 0 Å². The molecule has 0 saturated heterocycles. The summed E-state index contributed by atoms with van der Waals surface area (Å²) in [7, 11) is 3.70. The molecule has 90 valence electrons. The molecule has 0 saturated carbocycles. The Balaban J connectivity index is 2.57. The molecule has 3 nitrogen and oxygen atoms in total. The van der Waals surface area contributed by atoms with Gasteiger partial charge >= 0.3 is 0 Å². The van der Waals surface area contributed by atoms with Crippen molar-refractivity contribution in [2.24, 2.45) is 5.73 Å². The van der Waals surface area contributed by atoms with E-state index in [1.165, 1.54) is 5.56 Å². The highest BCUT2D eigenvalue weighted by atomic mass is 35.5. The molecule has 0 unspecified atom stereocenters. The number of hydrogen-bond acceptors (Lipinski definition) is 3. The van der Waals surface area contributed by atoms with Gasteiger partial charge in [0, 0.05) is 6.54 Å². The summed E-state index contributed by atoms with van der Waals surface area (Å²) in [6.07, 6.45) is 1.01. The van der Waals surface area contributed by atoms with Crippen LogP contribution in [-0.2, 0) is 6.54 Å². The van der Waals surface area contributed by atoms with Crippen LogP contribution in [0.4, 0.5) is 0 Å². The first kappa shape index (κ1) is 13.3. The largest absolute Gasteiger partial charge is 0.495 e. The average Bonchev–Trinajstić information content (AvgIpc) is 2.26. The third-order valence-electron chi connectivity index (χ3n) is 2.41. The first-order chi connectivity index (χ1) is 7.67. The maximum atomic E-state index is 6.05. The van der Waals surface area contributed by atoms with E-state index in [2.05, 4.69) is 11.9 Å². The van der Waals surface area contributed by atoms with Crippen LogP contribution in [0.25, 0.3) is 0 Å². The Morgan fingerprint density at radius 2 is 2.19 bits per heavy atom. The predicted molar refractivity (Wildman–Crippen MR) is 68.0 cm³/mol. The first-order valence-electron chi connectivity index (χ1n) is 5.38. The fraction of sp³-hybridized carbons (Fsp3) is 0.500. The van der Waals surface area contributed by atoms with Crippen molar-refractivity contribution in [1.82, 2.24) is 4.90 Å². The third-order valence-corrected chi connectivity index (χ3v) is 2.71. The Hall–Kier alpha value is -0.770. The van der Waals surface area contributed by atoms with E-state index in [-0.39, 0.29) is 0 Å². The van der Waals surface area contributed by atoms with Crippen LogP contribution in [-0.4, -0.2) is 32.1 Å². The number of hydrogen-bond donors (Lipinski definition) is 1. The molecule has 0 radical (unpaired) electrons. The fourth-order valence-electron chi connectivity index (χ4n) is 1.56. The molecule has 4 heteroatoms. The van der Waals surface area contributed by atoms with Crippen LogP contribution >= 0.6 is 11.6 Å². The highest BCUT2D eigenvalue weighted by Crippen LogP contribution is 2.25. The maximum Gasteiger partial charge on any atom is 0.137 e. The zero-order chi connectivity index (χ0) is 12.0. The van der Waals surface area contributed by atoms with Gasteiger partial charge in [-0.25, -0.2) is 0 Å². The second-order valence-electron chi connectivity index (χ2n) is 3.85. The zero-order valence-electron chi connectivity index (χ0n) is 9.87. The van der Waals surface area contributed by atoms with Gasteiger partial charge in [-0.1, -0.05) is 17.7 Å². The molecule has 16 heavy (non-hydrogen) atoms. The van der Waals surface area contributed by atoms with E-state index in [1.807, 2.05) is 18.2 Å². The normalized spacial score (nSPS) is 10.8. The molecule has 0 aliphatic heterocycles. The lowest BCUT2D eigenvalue weighted by Crippen LogP contribution is -2.21. The van der Waals surface area contributed by atoms with Gasteiger partial charge in [-0.3, -0.25) is 0 Å². The molecule has 0 amide bonds. The molecule has 0 aliphatic rings. The van der Waals surface area contributed by atoms with E-state index in [0.717, 1.165) is 31.8 Å². The Kier molecular flexibility index (Phi) is 5.60. The smallest absolute Gasteiger partial charge is 0.137 e. The first-order valence-corrected chi connectivity index (χ1v) is 5.76. The molecule has 0 heterocycles. The van der Waals surface area contributed by atoms with Crippen molar-refractivity contribution in [1.29, 1.82) is 0 Å². The van der Waals surface area contributed by atoms with E-state index in [4.69, 9.17) is 22.1 Å². The second kappa shape index (κ2) is 6.74. The van der Waals surface area contributed by atoms with Gasteiger partial charge in [0.25, 0.3) is 0 Å². The standard InChI is InChI=1S/C12H19ClN2O/c1-15(7-3-6-14)9-10-4-5-12(16-2)11(13)8-10/h4-5,8H,3,6-7,9,14H2,1-2H3. The highest BCUT2D eigenvalue weighted by molar-refractivity contribution is 6.32. The lowest BCUT2D eigenvalue weighted by Gasteiger charge is -2.16. The van der Waals surface area contributed by atoms with Gasteiger partial charge < -0.3 is 15.4 Å². The Morgan fingerprint density at radius 3 is 2.75 bits per heavy atom. The van der Waals surface area contributed by atoms with Crippen molar-refractivity contribution >= 4 is 11.6 Å². The molecule has 1 rings (SSSR count). The van der Waals surface area contributed by atoms with Crippen molar-refractivity contribution in [3.05, 3.63) is 28.8 Å². The van der Waals surface area contributed by atoms with E-state index in [9.17, 15) is 0 Å². The molecule has 0 fully saturated rings. The Labute approximate surface area is 102 Å². The van der Waals surface area contributed by atoms with Gasteiger partial charge in [0.1, 0.15) is 5.75 Å².